The predicted molar refractivity (Wildman–Crippen MR) is 75.5 cm³/mol. The lowest BCUT2D eigenvalue weighted by Gasteiger charge is -2.09. The Morgan fingerprint density at radius 2 is 1.82 bits per heavy atom. The fraction of sp³-hybridized carbons (Fsp3) is 0.0833. The van der Waals surface area contributed by atoms with Crippen LogP contribution in [0.15, 0.2) is 41.8 Å². The highest BCUT2D eigenvalue weighted by molar-refractivity contribution is 7.92. The Hall–Kier alpha value is -2.75. The van der Waals surface area contributed by atoms with Gasteiger partial charge in [-0.2, -0.15) is 5.10 Å². The van der Waals surface area contributed by atoms with E-state index in [1.807, 2.05) is 0 Å². The van der Waals surface area contributed by atoms with Gasteiger partial charge in [0, 0.05) is 0 Å². The van der Waals surface area contributed by atoms with E-state index < -0.39 is 15.8 Å². The quantitative estimate of drug-likeness (QED) is 0.752. The molecule has 2 aromatic heterocycles. The molecule has 3 aromatic rings. The molecule has 0 bridgehead atoms. The van der Waals surface area contributed by atoms with Crippen LogP contribution in [0.25, 0.3) is 5.82 Å². The van der Waals surface area contributed by atoms with Gasteiger partial charge in [0.2, 0.25) is 0 Å². The van der Waals surface area contributed by atoms with E-state index in [2.05, 4.69) is 25.1 Å². The summed E-state index contributed by atoms with van der Waals surface area (Å²) in [5, 5.41) is 14.0. The molecule has 0 amide bonds. The normalized spacial score (nSPS) is 11.5. The number of aryl methyl sites for hydroxylation is 1. The first kappa shape index (κ1) is 14.2. The molecule has 0 saturated heterocycles. The van der Waals surface area contributed by atoms with Crippen molar-refractivity contribution in [2.24, 2.45) is 0 Å². The molecule has 8 nitrogen and oxygen atoms in total. The fourth-order valence-electron chi connectivity index (χ4n) is 1.84. The molecule has 0 aliphatic carbocycles. The van der Waals surface area contributed by atoms with Gasteiger partial charge in [-0.25, -0.2) is 12.8 Å². The smallest absolute Gasteiger partial charge is 0.262 e. The Balaban J connectivity index is 2.00. The molecule has 0 radical (unpaired) electrons. The highest BCUT2D eigenvalue weighted by Gasteiger charge is 2.20. The Kier molecular flexibility index (Phi) is 3.37. The first-order chi connectivity index (χ1) is 10.5. The van der Waals surface area contributed by atoms with Crippen LogP contribution in [-0.2, 0) is 10.0 Å². The molecular weight excluding hydrogens is 311 g/mol. The minimum absolute atomic E-state index is 0.0517. The molecule has 10 heteroatoms. The summed E-state index contributed by atoms with van der Waals surface area (Å²) in [7, 11) is -3.87. The van der Waals surface area contributed by atoms with Crippen LogP contribution in [0.3, 0.4) is 0 Å². The van der Waals surface area contributed by atoms with Crippen LogP contribution in [0, 0.1) is 12.7 Å². The number of benzene rings is 1. The van der Waals surface area contributed by atoms with Gasteiger partial charge in [-0.3, -0.25) is 14.4 Å². The molecule has 2 N–H and O–H groups in total. The molecular formula is C12H11FN6O2S. The molecule has 0 fully saturated rings. The first-order valence-electron chi connectivity index (χ1n) is 6.16. The maximum atomic E-state index is 12.9. The van der Waals surface area contributed by atoms with E-state index in [0.29, 0.717) is 11.5 Å². The van der Waals surface area contributed by atoms with Crippen LogP contribution in [0.5, 0.6) is 0 Å². The van der Waals surface area contributed by atoms with Crippen LogP contribution in [0.4, 0.5) is 10.1 Å². The molecule has 0 aliphatic rings. The predicted octanol–water partition coefficient (Wildman–Crippen LogP) is 1.24. The largest absolute Gasteiger partial charge is 0.279 e. The number of H-pyrrole nitrogens is 1. The van der Waals surface area contributed by atoms with E-state index in [-0.39, 0.29) is 10.6 Å². The number of hydrogen-bond donors (Lipinski definition) is 2. The van der Waals surface area contributed by atoms with Gasteiger partial charge in [0.05, 0.1) is 10.6 Å². The zero-order chi connectivity index (χ0) is 15.7. The molecule has 0 saturated carbocycles. The second-order valence-corrected chi connectivity index (χ2v) is 6.16. The average molecular weight is 322 g/mol. The molecule has 1 aromatic carbocycles. The van der Waals surface area contributed by atoms with Gasteiger partial charge in [0.1, 0.15) is 24.2 Å². The van der Waals surface area contributed by atoms with Crippen molar-refractivity contribution >= 4 is 15.7 Å². The second kappa shape index (κ2) is 5.22. The number of rotatable bonds is 4. The van der Waals surface area contributed by atoms with E-state index in [1.54, 1.807) is 6.92 Å². The molecule has 0 unspecified atom stereocenters. The third-order valence-electron chi connectivity index (χ3n) is 2.95. The van der Waals surface area contributed by atoms with Gasteiger partial charge in [-0.1, -0.05) is 0 Å². The summed E-state index contributed by atoms with van der Waals surface area (Å²) in [5.74, 6) is -0.197. The Morgan fingerprint density at radius 3 is 2.45 bits per heavy atom. The number of nitrogens with one attached hydrogen (secondary N) is 2. The third kappa shape index (κ3) is 2.55. The van der Waals surface area contributed by atoms with E-state index >= 15 is 0 Å². The average Bonchev–Trinajstić information content (AvgIpc) is 3.10. The van der Waals surface area contributed by atoms with E-state index in [0.717, 1.165) is 12.1 Å². The van der Waals surface area contributed by atoms with Gasteiger partial charge in [-0.05, 0) is 31.2 Å². The van der Waals surface area contributed by atoms with Crippen molar-refractivity contribution in [3.63, 3.8) is 0 Å². The van der Waals surface area contributed by atoms with Crippen molar-refractivity contribution < 1.29 is 12.8 Å². The number of sulfonamides is 1. The van der Waals surface area contributed by atoms with Crippen LogP contribution in [0.1, 0.15) is 5.69 Å². The van der Waals surface area contributed by atoms with Crippen molar-refractivity contribution in [2.75, 3.05) is 4.72 Å². The third-order valence-corrected chi connectivity index (χ3v) is 4.32. The van der Waals surface area contributed by atoms with Gasteiger partial charge in [0.15, 0.2) is 5.82 Å². The van der Waals surface area contributed by atoms with Crippen molar-refractivity contribution in [3.05, 3.63) is 48.4 Å². The molecule has 22 heavy (non-hydrogen) atoms. The molecule has 3 rings (SSSR count). The summed E-state index contributed by atoms with van der Waals surface area (Å²) < 4.78 is 41.6. The van der Waals surface area contributed by atoms with Crippen LogP contribution in [0.2, 0.25) is 0 Å². The highest BCUT2D eigenvalue weighted by Crippen LogP contribution is 2.24. The Bertz CT molecular complexity index is 886. The van der Waals surface area contributed by atoms with E-state index in [4.69, 9.17) is 0 Å². The number of aromatic nitrogens is 5. The monoisotopic (exact) mass is 322 g/mol. The van der Waals surface area contributed by atoms with Crippen LogP contribution in [-0.4, -0.2) is 33.4 Å². The highest BCUT2D eigenvalue weighted by atomic mass is 32.2. The van der Waals surface area contributed by atoms with Crippen LogP contribution >= 0.6 is 0 Å². The Labute approximate surface area is 125 Å². The lowest BCUT2D eigenvalue weighted by atomic mass is 10.4. The molecule has 0 spiro atoms. The molecule has 0 atom stereocenters. The van der Waals surface area contributed by atoms with Gasteiger partial charge in [-0.15, -0.1) is 10.2 Å². The fourth-order valence-corrected chi connectivity index (χ4v) is 2.97. The van der Waals surface area contributed by atoms with Crippen molar-refractivity contribution in [2.45, 2.75) is 11.8 Å². The summed E-state index contributed by atoms with van der Waals surface area (Å²) in [6.45, 7) is 1.67. The molecule has 2 heterocycles. The summed E-state index contributed by atoms with van der Waals surface area (Å²) in [6, 6.07) is 4.53. The summed E-state index contributed by atoms with van der Waals surface area (Å²) in [5.41, 5.74) is 0.790. The molecule has 114 valence electrons. The number of hydrogen-bond acceptors (Lipinski definition) is 5. The minimum Gasteiger partial charge on any atom is -0.279 e. The Morgan fingerprint density at radius 1 is 1.18 bits per heavy atom. The first-order valence-corrected chi connectivity index (χ1v) is 7.64. The summed E-state index contributed by atoms with van der Waals surface area (Å²) >= 11 is 0. The standard InChI is InChI=1S/C12H11FN6O2S/c1-8-11(12(17-16-8)19-6-14-15-7-19)18-22(20,21)10-4-2-9(13)3-5-10/h2-7,18H,1H3,(H,16,17). The van der Waals surface area contributed by atoms with E-state index in [1.165, 1.54) is 29.4 Å². The number of anilines is 1. The van der Waals surface area contributed by atoms with E-state index in [9.17, 15) is 12.8 Å². The zero-order valence-corrected chi connectivity index (χ0v) is 12.2. The van der Waals surface area contributed by atoms with Gasteiger partial charge in [0.25, 0.3) is 10.0 Å². The van der Waals surface area contributed by atoms with Gasteiger partial charge >= 0.3 is 0 Å². The lowest BCUT2D eigenvalue weighted by Crippen LogP contribution is -2.14. The number of nitrogens with zero attached hydrogens (tertiary/aromatic N) is 4. The lowest BCUT2D eigenvalue weighted by molar-refractivity contribution is 0.599. The molecule has 0 aliphatic heterocycles. The van der Waals surface area contributed by atoms with Gasteiger partial charge < -0.3 is 0 Å². The van der Waals surface area contributed by atoms with Crippen molar-refractivity contribution in [1.29, 1.82) is 0 Å². The van der Waals surface area contributed by atoms with Crippen LogP contribution < -0.4 is 4.72 Å². The number of aromatic amines is 1. The topological polar surface area (TPSA) is 106 Å². The SMILES string of the molecule is Cc1[nH]nc(-n2cnnc2)c1NS(=O)(=O)c1ccc(F)cc1. The van der Waals surface area contributed by atoms with Crippen molar-refractivity contribution in [3.8, 4) is 5.82 Å². The second-order valence-electron chi connectivity index (χ2n) is 4.48. The zero-order valence-electron chi connectivity index (χ0n) is 11.4. The summed E-state index contributed by atoms with van der Waals surface area (Å²) in [4.78, 5) is -0.0517. The number of halogens is 1. The maximum absolute atomic E-state index is 12.9. The van der Waals surface area contributed by atoms with Crippen molar-refractivity contribution in [1.82, 2.24) is 25.0 Å². The minimum atomic E-state index is -3.87. The summed E-state index contributed by atoms with van der Waals surface area (Å²) in [6.07, 6.45) is 2.79. The maximum Gasteiger partial charge on any atom is 0.262 e.